The second-order valence-corrected chi connectivity index (χ2v) is 9.34. The number of carboxylic acids is 1. The molecule has 2 atom stereocenters. The summed E-state index contributed by atoms with van der Waals surface area (Å²) >= 11 is 0. The van der Waals surface area contributed by atoms with E-state index in [-0.39, 0.29) is 75.5 Å². The van der Waals surface area contributed by atoms with Gasteiger partial charge in [0.15, 0.2) is 21.6 Å². The van der Waals surface area contributed by atoms with Gasteiger partial charge in [-0.15, -0.1) is 0 Å². The van der Waals surface area contributed by atoms with Crippen LogP contribution in [0.2, 0.25) is 0 Å². The zero-order chi connectivity index (χ0) is 22.0. The molecule has 2 N–H and O–H groups in total. The maximum absolute atomic E-state index is 11.8. The Morgan fingerprint density at radius 3 is 2.27 bits per heavy atom. The number of carboxylic acid groups (broad SMARTS) is 1. The van der Waals surface area contributed by atoms with Gasteiger partial charge in [-0.2, -0.15) is 0 Å². The molecule has 2 rings (SSSR count). The summed E-state index contributed by atoms with van der Waals surface area (Å²) < 4.78 is 35.5. The second-order valence-electron chi connectivity index (χ2n) is 7.32. The quantitative estimate of drug-likeness (QED) is 0.491. The average molecular weight is 466 g/mol. The van der Waals surface area contributed by atoms with Gasteiger partial charge in [-0.05, 0) is 44.9 Å². The minimum atomic E-state index is -3.34. The Labute approximate surface area is 221 Å². The summed E-state index contributed by atoms with van der Waals surface area (Å²) in [5, 5.41) is 18.6. The fourth-order valence-corrected chi connectivity index (χ4v) is 3.59. The van der Waals surface area contributed by atoms with Crippen molar-refractivity contribution in [1.29, 1.82) is 0 Å². The number of aliphatic hydroxyl groups is 1. The summed E-state index contributed by atoms with van der Waals surface area (Å²) in [6.45, 7) is 6.68. The predicted octanol–water partition coefficient (Wildman–Crippen LogP) is -0.614. The van der Waals surface area contributed by atoms with Gasteiger partial charge in [-0.3, -0.25) is 0 Å². The maximum Gasteiger partial charge on any atom is 1.00 e. The van der Waals surface area contributed by atoms with Gasteiger partial charge < -0.3 is 21.1 Å². The Kier molecular flexibility index (Phi) is 9.74. The molecule has 8 nitrogen and oxygen atoms in total. The molecule has 0 saturated heterocycles. The zero-order valence-electron chi connectivity index (χ0n) is 19.2. The molecule has 0 radical (unpaired) electrons. The van der Waals surface area contributed by atoms with Gasteiger partial charge >= 0.3 is 57.4 Å². The van der Waals surface area contributed by atoms with E-state index in [1.165, 1.54) is 12.1 Å². The van der Waals surface area contributed by atoms with Crippen LogP contribution in [0.3, 0.4) is 0 Å². The Hall–Kier alpha value is -0.754. The Morgan fingerprint density at radius 1 is 1.30 bits per heavy atom. The van der Waals surface area contributed by atoms with Gasteiger partial charge in [0.2, 0.25) is 0 Å². The van der Waals surface area contributed by atoms with Gasteiger partial charge in [0, 0.05) is 6.26 Å². The third-order valence-corrected chi connectivity index (χ3v) is 5.73. The van der Waals surface area contributed by atoms with Crippen LogP contribution >= 0.6 is 0 Å². The van der Waals surface area contributed by atoms with Crippen molar-refractivity contribution in [3.63, 3.8) is 0 Å². The van der Waals surface area contributed by atoms with Crippen LogP contribution in [0.25, 0.3) is 5.57 Å². The number of aliphatic imine (C=N–C) groups is 1. The van der Waals surface area contributed by atoms with E-state index in [0.717, 1.165) is 6.26 Å². The Bertz CT molecular complexity index is 945. The van der Waals surface area contributed by atoms with Crippen LogP contribution in [0.4, 0.5) is 0 Å². The number of sulfone groups is 1. The fourth-order valence-electron chi connectivity index (χ4n) is 2.96. The minimum absolute atomic E-state index is 0. The number of rotatable bonds is 8. The average Bonchev–Trinajstić information content (AvgIpc) is 2.90. The molecule has 0 amide bonds. The summed E-state index contributed by atoms with van der Waals surface area (Å²) in [5.74, 6) is -0.987. The number of ether oxygens (including phenoxy) is 2. The van der Waals surface area contributed by atoms with E-state index in [4.69, 9.17) is 9.47 Å². The third kappa shape index (κ3) is 6.15. The van der Waals surface area contributed by atoms with E-state index >= 15 is 0 Å². The first-order valence-electron chi connectivity index (χ1n) is 9.25. The van der Waals surface area contributed by atoms with E-state index in [0.29, 0.717) is 17.6 Å². The molecule has 1 aliphatic heterocycles. The van der Waals surface area contributed by atoms with E-state index in [2.05, 4.69) is 4.99 Å². The summed E-state index contributed by atoms with van der Waals surface area (Å²) in [4.78, 5) is 15.6. The maximum atomic E-state index is 11.8. The SMILES string of the molecule is CC[C@]1(C)OC(=N[C@@H](CO)C(=O)O)C(OC(C)C)=C1c1ccc(S(C)(=O)=O)cc1.[H-].[K+]. The minimum Gasteiger partial charge on any atom is -1.00 e. The van der Waals surface area contributed by atoms with Crippen molar-refractivity contribution in [2.75, 3.05) is 12.9 Å². The van der Waals surface area contributed by atoms with Crippen LogP contribution in [0.1, 0.15) is 41.1 Å². The van der Waals surface area contributed by atoms with Crippen LogP contribution < -0.4 is 51.4 Å². The molecule has 1 aromatic rings. The summed E-state index contributed by atoms with van der Waals surface area (Å²) in [7, 11) is -3.34. The molecule has 0 saturated carbocycles. The van der Waals surface area contributed by atoms with Crippen molar-refractivity contribution in [2.24, 2.45) is 4.99 Å². The molecular weight excluding hydrogens is 437 g/mol. The molecule has 0 fully saturated rings. The molecule has 162 valence electrons. The molecular formula is C20H28KNO7S. The molecule has 1 aromatic carbocycles. The Morgan fingerprint density at radius 2 is 1.87 bits per heavy atom. The number of hydrogen-bond donors (Lipinski definition) is 2. The largest absolute Gasteiger partial charge is 1.00 e. The predicted molar refractivity (Wildman–Crippen MR) is 110 cm³/mol. The van der Waals surface area contributed by atoms with Crippen LogP contribution in [0.15, 0.2) is 39.9 Å². The van der Waals surface area contributed by atoms with Crippen LogP contribution in [0.5, 0.6) is 0 Å². The van der Waals surface area contributed by atoms with Gasteiger partial charge in [-0.1, -0.05) is 19.1 Å². The van der Waals surface area contributed by atoms with Crippen LogP contribution in [-0.2, 0) is 24.1 Å². The molecule has 1 aliphatic rings. The van der Waals surface area contributed by atoms with Crippen molar-refractivity contribution >= 4 is 27.3 Å². The van der Waals surface area contributed by atoms with Gasteiger partial charge in [0.25, 0.3) is 5.90 Å². The first-order chi connectivity index (χ1) is 13.4. The smallest absolute Gasteiger partial charge is 1.00 e. The first kappa shape index (κ1) is 27.3. The molecule has 1 heterocycles. The fraction of sp³-hybridized carbons (Fsp3) is 0.500. The van der Waals surface area contributed by atoms with Crippen molar-refractivity contribution in [1.82, 2.24) is 0 Å². The second kappa shape index (κ2) is 10.7. The summed E-state index contributed by atoms with van der Waals surface area (Å²) in [6, 6.07) is 4.95. The van der Waals surface area contributed by atoms with Crippen molar-refractivity contribution < 1.29 is 85.7 Å². The van der Waals surface area contributed by atoms with Crippen molar-refractivity contribution in [3.8, 4) is 0 Å². The monoisotopic (exact) mass is 465 g/mol. The summed E-state index contributed by atoms with van der Waals surface area (Å²) in [6.07, 6.45) is 1.41. The van der Waals surface area contributed by atoms with E-state index in [1.54, 1.807) is 12.1 Å². The molecule has 0 aliphatic carbocycles. The molecule has 30 heavy (non-hydrogen) atoms. The zero-order valence-corrected chi connectivity index (χ0v) is 22.1. The molecule has 0 unspecified atom stereocenters. The third-order valence-electron chi connectivity index (χ3n) is 4.60. The first-order valence-corrected chi connectivity index (χ1v) is 11.1. The van der Waals surface area contributed by atoms with Gasteiger partial charge in [0.05, 0.1) is 23.2 Å². The number of benzene rings is 1. The number of nitrogens with zero attached hydrogens (tertiary/aromatic N) is 1. The molecule has 0 bridgehead atoms. The number of aliphatic carboxylic acids is 1. The standard InChI is InChI=1S/C20H27NO7S.K.H/c1-6-20(4)16(13-7-9-14(10-8-13)29(5,25)26)17(27-12(2)3)18(28-20)21-15(11-22)19(23)24;;/h7-10,12,15,22H,6,11H2,1-5H3,(H,23,24);;/q;+1;-1/t15-,20-;;/m0../s1. The van der Waals surface area contributed by atoms with E-state index in [1.807, 2.05) is 27.7 Å². The van der Waals surface area contributed by atoms with E-state index in [9.17, 15) is 23.4 Å². The van der Waals surface area contributed by atoms with Crippen LogP contribution in [-0.4, -0.2) is 61.1 Å². The normalized spacial score (nSPS) is 21.4. The van der Waals surface area contributed by atoms with Crippen LogP contribution in [0, 0.1) is 0 Å². The number of carbonyl (C=O) groups is 1. The van der Waals surface area contributed by atoms with Gasteiger partial charge in [-0.25, -0.2) is 18.2 Å². The van der Waals surface area contributed by atoms with Crippen molar-refractivity contribution in [3.05, 3.63) is 35.6 Å². The molecule has 10 heteroatoms. The molecule has 0 spiro atoms. The Balaban J connectivity index is 0.00000450. The van der Waals surface area contributed by atoms with Gasteiger partial charge in [0.1, 0.15) is 5.60 Å². The number of hydrogen-bond acceptors (Lipinski definition) is 7. The molecule has 0 aromatic heterocycles. The summed E-state index contributed by atoms with van der Waals surface area (Å²) in [5.41, 5.74) is 0.460. The number of aliphatic hydroxyl groups excluding tert-OH is 1. The van der Waals surface area contributed by atoms with E-state index < -0.39 is 34.1 Å². The van der Waals surface area contributed by atoms with Crippen molar-refractivity contribution in [2.45, 2.75) is 56.8 Å². The topological polar surface area (TPSA) is 122 Å².